The zero-order chi connectivity index (χ0) is 70.6. The van der Waals surface area contributed by atoms with Crippen LogP contribution in [0.3, 0.4) is 0 Å². The van der Waals surface area contributed by atoms with Crippen molar-refractivity contribution < 1.29 is 4.74 Å². The van der Waals surface area contributed by atoms with Crippen molar-refractivity contribution in [1.82, 2.24) is 13.7 Å². The average Bonchev–Trinajstić information content (AvgIpc) is 1.06. The van der Waals surface area contributed by atoms with Crippen LogP contribution in [0.4, 0.5) is 62.6 Å². The van der Waals surface area contributed by atoms with Crippen LogP contribution in [0.5, 0.6) is 11.5 Å². The van der Waals surface area contributed by atoms with Crippen LogP contribution < -0.4 is 75.7 Å². The van der Waals surface area contributed by atoms with Gasteiger partial charge in [0.25, 0.3) is 20.1 Å². The highest BCUT2D eigenvalue weighted by Gasteiger charge is 2.51. The van der Waals surface area contributed by atoms with Crippen molar-refractivity contribution in [3.05, 3.63) is 285 Å². The Bertz CT molecular complexity index is 7100. The Balaban J connectivity index is 0.768. The van der Waals surface area contributed by atoms with Gasteiger partial charge in [-0.15, -0.1) is 22.7 Å². The largest absolute Gasteiger partial charge is 0.457 e. The van der Waals surface area contributed by atoms with Gasteiger partial charge in [-0.3, -0.25) is 12.9 Å². The van der Waals surface area contributed by atoms with Gasteiger partial charge in [-0.2, -0.15) is 0 Å². The van der Waals surface area contributed by atoms with Gasteiger partial charge in [0.15, 0.2) is 0 Å². The summed E-state index contributed by atoms with van der Waals surface area (Å²) in [6, 6.07) is 108. The van der Waals surface area contributed by atoms with Crippen molar-refractivity contribution in [2.24, 2.45) is 0 Å². The number of hydrogen-bond acceptors (Lipinski definition) is 11. The Kier molecular flexibility index (Phi) is 12.5. The Morgan fingerprint density at radius 3 is 1.23 bits per heavy atom. The van der Waals surface area contributed by atoms with E-state index in [0.29, 0.717) is 0 Å². The molecule has 25 rings (SSSR count). The van der Waals surface area contributed by atoms with Gasteiger partial charge in [0.05, 0.1) is 72.9 Å². The van der Waals surface area contributed by atoms with Gasteiger partial charge in [-0.25, -0.2) is 0 Å². The number of hydrogen-bond donors (Lipinski definition) is 1. The predicted molar refractivity (Wildman–Crippen MR) is 471 cm³/mol. The third-order valence-corrected chi connectivity index (χ3v) is 28.6. The second kappa shape index (κ2) is 22.3. The van der Waals surface area contributed by atoms with E-state index in [1.165, 1.54) is 157 Å². The number of nitrogens with zero attached hydrogens (tertiary/aromatic N) is 7. The second-order valence-electron chi connectivity index (χ2n) is 29.0. The number of aromatic nitrogens is 3. The standard InChI is InChI=1S/C91H57B3N8OS5/c1-104-100-75-49-67-63(93-85-68(95-67)41-52(96-69-33-15-7-25-55(69)56-26-8-16-34-70(56)96)42-78(85)99(51-23-5-4-6-24-51)88-61-31-13-21-39-83(61)107-90(88)93)47-64(75)92-65-48-66-77(50-76(65)101(105-2)80-44-53(43-79(100)86(80)92)97-71-35-17-9-27-57(71)58-28-10-18-36-72(58)97)102(106-3)81-45-54(98-73-37-19-11-29-59(73)60-30-12-20-38-74(60)98)46-82-87(81)94(66)91-89(103-82)62-32-14-22-40-84(62)108-91/h4-50,95H,1-3H3. The molecule has 0 saturated heterocycles. The van der Waals surface area contributed by atoms with Crippen LogP contribution in [0.1, 0.15) is 0 Å². The van der Waals surface area contributed by atoms with E-state index in [9.17, 15) is 0 Å². The van der Waals surface area contributed by atoms with E-state index in [-0.39, 0.29) is 20.1 Å². The van der Waals surface area contributed by atoms with E-state index in [2.05, 4.69) is 341 Å². The Labute approximate surface area is 643 Å². The third-order valence-electron chi connectivity index (χ3n) is 23.9. The fourth-order valence-corrected chi connectivity index (χ4v) is 24.4. The van der Waals surface area contributed by atoms with Crippen molar-refractivity contribution >= 4 is 275 Å². The Morgan fingerprint density at radius 1 is 0.306 bits per heavy atom. The molecule has 14 aromatic carbocycles. The highest BCUT2D eigenvalue weighted by atomic mass is 32.2. The molecule has 0 fully saturated rings. The molecular formula is C91H57B3N8OS5. The lowest BCUT2D eigenvalue weighted by Gasteiger charge is -2.45. The second-order valence-corrected chi connectivity index (χ2v) is 33.4. The molecule has 17 heteroatoms. The summed E-state index contributed by atoms with van der Waals surface area (Å²) in [6.07, 6.45) is 6.79. The number of benzene rings is 14. The first kappa shape index (κ1) is 60.6. The molecule has 0 unspecified atom stereocenters. The van der Waals surface area contributed by atoms with Crippen molar-refractivity contribution in [2.75, 3.05) is 41.9 Å². The maximum atomic E-state index is 7.55. The van der Waals surface area contributed by atoms with Crippen LogP contribution in [-0.2, 0) is 0 Å². The molecular weight excluding hydrogens is 1410 g/mol. The van der Waals surface area contributed by atoms with Gasteiger partial charge in [0, 0.05) is 127 Å². The summed E-state index contributed by atoms with van der Waals surface area (Å²) in [5.74, 6) is 1.84. The molecule has 9 nitrogen and oxygen atoms in total. The minimum atomic E-state index is -0.206. The lowest BCUT2D eigenvalue weighted by Crippen LogP contribution is -2.65. The molecule has 0 radical (unpaired) electrons. The van der Waals surface area contributed by atoms with Gasteiger partial charge < -0.3 is 28.7 Å². The summed E-state index contributed by atoms with van der Waals surface area (Å²) in [7, 11) is 0. The van der Waals surface area contributed by atoms with Crippen LogP contribution in [0.2, 0.25) is 0 Å². The first-order valence-corrected chi connectivity index (χ1v) is 41.9. The van der Waals surface area contributed by atoms with Gasteiger partial charge >= 0.3 is 0 Å². The van der Waals surface area contributed by atoms with Gasteiger partial charge in [-0.1, -0.05) is 170 Å². The molecule has 1 N–H and O–H groups in total. The summed E-state index contributed by atoms with van der Waals surface area (Å²) in [5, 5.41) is 14.1. The van der Waals surface area contributed by atoms with E-state index < -0.39 is 0 Å². The van der Waals surface area contributed by atoms with Crippen LogP contribution in [0.25, 0.3) is 103 Å². The SMILES string of the molecule is CSN1c2cc3c(cc2B2c4sc5ccccc5c4Oc4cc(-n5c6ccccc6c6ccccc65)cc1c42)B1c2cc4c(cc2N(SC)c2cc(-n5c6ccccc6c6ccccc65)cc(c21)N3SC)Nc1cc(-n2c3ccccc3c3ccccc32)cc2c1B4c1sc3ccccc3c1N2c1ccccc1. The first-order valence-electron chi connectivity index (χ1n) is 36.7. The fraction of sp³-hybridized carbons (Fsp3) is 0.0330. The number of thiophene rings is 2. The lowest BCUT2D eigenvalue weighted by molar-refractivity contribution is 0.494. The molecule has 19 aromatic rings. The van der Waals surface area contributed by atoms with E-state index >= 15 is 0 Å². The van der Waals surface area contributed by atoms with Crippen LogP contribution in [0, 0.1) is 0 Å². The number of nitrogens with one attached hydrogen (secondary N) is 1. The van der Waals surface area contributed by atoms with E-state index in [4.69, 9.17) is 4.74 Å². The van der Waals surface area contributed by atoms with E-state index in [1.54, 1.807) is 35.8 Å². The molecule has 0 saturated carbocycles. The molecule has 0 atom stereocenters. The molecule has 108 heavy (non-hydrogen) atoms. The minimum absolute atomic E-state index is 0.127. The predicted octanol–water partition coefficient (Wildman–Crippen LogP) is 19.1. The molecule has 0 spiro atoms. The molecule has 11 heterocycles. The smallest absolute Gasteiger partial charge is 0.268 e. The zero-order valence-electron chi connectivity index (χ0n) is 58.4. The molecule has 506 valence electrons. The van der Waals surface area contributed by atoms with E-state index in [0.717, 1.165) is 67.7 Å². The molecule has 0 aliphatic carbocycles. The molecule has 6 aliphatic rings. The van der Waals surface area contributed by atoms with E-state index in [1.807, 2.05) is 22.7 Å². The van der Waals surface area contributed by atoms with Crippen molar-refractivity contribution in [1.29, 1.82) is 0 Å². The fourth-order valence-electron chi connectivity index (χ4n) is 19.7. The average molecular weight is 1470 g/mol. The Hall–Kier alpha value is -11.6. The summed E-state index contributed by atoms with van der Waals surface area (Å²) >= 11 is 9.20. The van der Waals surface area contributed by atoms with Crippen LogP contribution in [0.15, 0.2) is 285 Å². The van der Waals surface area contributed by atoms with Gasteiger partial charge in [0.2, 0.25) is 0 Å². The topological polar surface area (TPSA) is 49.0 Å². The molecule has 0 amide bonds. The first-order chi connectivity index (χ1) is 53.5. The number of fused-ring (bicyclic) bond motifs is 25. The summed E-state index contributed by atoms with van der Waals surface area (Å²) in [5.41, 5.74) is 32.0. The maximum absolute atomic E-state index is 7.55. The molecule has 6 aliphatic heterocycles. The number of para-hydroxylation sites is 7. The number of anilines is 11. The quantitative estimate of drug-likeness (QED) is 0.124. The summed E-state index contributed by atoms with van der Waals surface area (Å²) in [6.45, 7) is -0.476. The van der Waals surface area contributed by atoms with Crippen LogP contribution in [-0.4, -0.2) is 52.6 Å². The lowest BCUT2D eigenvalue weighted by atomic mass is 9.30. The monoisotopic (exact) mass is 1470 g/mol. The highest BCUT2D eigenvalue weighted by molar-refractivity contribution is 8.01. The van der Waals surface area contributed by atoms with Crippen molar-refractivity contribution in [2.45, 2.75) is 0 Å². The van der Waals surface area contributed by atoms with Gasteiger partial charge in [0.1, 0.15) is 11.5 Å². The normalized spacial score (nSPS) is 14.0. The van der Waals surface area contributed by atoms with Crippen LogP contribution >= 0.6 is 58.5 Å². The number of rotatable bonds is 7. The zero-order valence-corrected chi connectivity index (χ0v) is 62.5. The Morgan fingerprint density at radius 2 is 0.704 bits per heavy atom. The molecule has 0 bridgehead atoms. The van der Waals surface area contributed by atoms with Crippen molar-refractivity contribution in [3.63, 3.8) is 0 Å². The maximum Gasteiger partial charge on any atom is 0.268 e. The van der Waals surface area contributed by atoms with Crippen molar-refractivity contribution in [3.8, 4) is 28.6 Å². The molecule has 5 aromatic heterocycles. The summed E-state index contributed by atoms with van der Waals surface area (Å²) in [4.78, 5) is 2.58. The van der Waals surface area contributed by atoms with Gasteiger partial charge in [-0.05, 0) is 183 Å². The minimum Gasteiger partial charge on any atom is -0.457 e. The highest BCUT2D eigenvalue weighted by Crippen LogP contribution is 2.53. The third kappa shape index (κ3) is 7.93. The number of ether oxygens (including phenoxy) is 1. The summed E-state index contributed by atoms with van der Waals surface area (Å²) < 4.78 is 27.7.